The summed E-state index contributed by atoms with van der Waals surface area (Å²) >= 11 is 6.06. The van der Waals surface area contributed by atoms with Crippen LogP contribution in [0.4, 0.5) is 11.4 Å². The second-order valence-electron chi connectivity index (χ2n) is 7.36. The molecule has 0 spiro atoms. The Kier molecular flexibility index (Phi) is 6.09. The summed E-state index contributed by atoms with van der Waals surface area (Å²) in [6.45, 7) is 1.69. The summed E-state index contributed by atoms with van der Waals surface area (Å²) < 4.78 is 21.1. The number of nitrogens with zero attached hydrogens (tertiary/aromatic N) is 1. The fourth-order valence-corrected chi connectivity index (χ4v) is 3.68. The molecule has 0 saturated carbocycles. The van der Waals surface area contributed by atoms with Gasteiger partial charge in [-0.3, -0.25) is 14.4 Å². The minimum Gasteiger partial charge on any atom is -0.495 e. The molecule has 4 rings (SSSR count). The number of rotatable bonds is 6. The van der Waals surface area contributed by atoms with E-state index in [4.69, 9.17) is 30.5 Å². The van der Waals surface area contributed by atoms with Crippen molar-refractivity contribution < 1.29 is 33.3 Å². The number of fused-ring (bicyclic) bond motifs is 1. The number of carbonyl (C=O) groups is 3. The molecule has 0 aliphatic carbocycles. The second-order valence-corrected chi connectivity index (χ2v) is 7.79. The standard InChI is InChI=1S/C22H21ClN2O7/c1-12(21(27)24-15-4-6-18-19(9-15)31-11-30-18)32-22(28)13-7-20(26)25(10-13)16-8-14(23)3-5-17(16)29-2/h3-6,8-9,12-13H,7,10-11H2,1-2H3,(H,24,27). The molecular formula is C22H21ClN2O7. The molecule has 2 atom stereocenters. The van der Waals surface area contributed by atoms with Crippen molar-refractivity contribution in [2.45, 2.75) is 19.4 Å². The molecule has 1 N–H and O–H groups in total. The molecule has 2 heterocycles. The molecular weight excluding hydrogens is 440 g/mol. The van der Waals surface area contributed by atoms with Crippen LogP contribution in [0.2, 0.25) is 5.02 Å². The molecule has 0 bridgehead atoms. The monoisotopic (exact) mass is 460 g/mol. The van der Waals surface area contributed by atoms with Gasteiger partial charge in [0.25, 0.3) is 5.91 Å². The molecule has 0 radical (unpaired) electrons. The van der Waals surface area contributed by atoms with Gasteiger partial charge in [-0.15, -0.1) is 0 Å². The van der Waals surface area contributed by atoms with Gasteiger partial charge in [0.1, 0.15) is 5.75 Å². The Morgan fingerprint density at radius 1 is 1.19 bits per heavy atom. The maximum atomic E-state index is 12.6. The van der Waals surface area contributed by atoms with E-state index < -0.39 is 23.9 Å². The number of anilines is 2. The zero-order valence-corrected chi connectivity index (χ0v) is 18.2. The Hall–Kier alpha value is -3.46. The number of carbonyl (C=O) groups excluding carboxylic acids is 3. The van der Waals surface area contributed by atoms with Crippen molar-refractivity contribution in [3.8, 4) is 17.2 Å². The summed E-state index contributed by atoms with van der Waals surface area (Å²) in [7, 11) is 1.49. The zero-order chi connectivity index (χ0) is 22.8. The van der Waals surface area contributed by atoms with Crippen LogP contribution in [0.15, 0.2) is 36.4 Å². The first-order valence-electron chi connectivity index (χ1n) is 9.90. The van der Waals surface area contributed by atoms with E-state index in [-0.39, 0.29) is 25.7 Å². The Labute approximate surface area is 189 Å². The third-order valence-electron chi connectivity index (χ3n) is 5.19. The summed E-state index contributed by atoms with van der Waals surface area (Å²) in [6.07, 6.45) is -1.09. The highest BCUT2D eigenvalue weighted by molar-refractivity contribution is 6.31. The number of ether oxygens (including phenoxy) is 4. The average Bonchev–Trinajstić information content (AvgIpc) is 3.39. The number of nitrogens with one attached hydrogen (secondary N) is 1. The number of hydrogen-bond acceptors (Lipinski definition) is 7. The summed E-state index contributed by atoms with van der Waals surface area (Å²) in [6, 6.07) is 9.87. The van der Waals surface area contributed by atoms with E-state index in [1.54, 1.807) is 36.4 Å². The number of halogens is 1. The van der Waals surface area contributed by atoms with E-state index in [9.17, 15) is 14.4 Å². The van der Waals surface area contributed by atoms with Gasteiger partial charge in [-0.05, 0) is 37.3 Å². The smallest absolute Gasteiger partial charge is 0.312 e. The summed E-state index contributed by atoms with van der Waals surface area (Å²) in [4.78, 5) is 39.1. The fraction of sp³-hybridized carbons (Fsp3) is 0.318. The van der Waals surface area contributed by atoms with Crippen LogP contribution in [-0.4, -0.2) is 44.3 Å². The molecule has 168 valence electrons. The quantitative estimate of drug-likeness (QED) is 0.661. The third-order valence-corrected chi connectivity index (χ3v) is 5.43. The lowest BCUT2D eigenvalue weighted by atomic mass is 10.1. The average molecular weight is 461 g/mol. The van der Waals surface area contributed by atoms with Crippen molar-refractivity contribution in [3.63, 3.8) is 0 Å². The van der Waals surface area contributed by atoms with E-state index in [0.29, 0.717) is 33.6 Å². The van der Waals surface area contributed by atoms with Gasteiger partial charge in [0.15, 0.2) is 17.6 Å². The predicted molar refractivity (Wildman–Crippen MR) is 115 cm³/mol. The van der Waals surface area contributed by atoms with Crippen molar-refractivity contribution in [2.24, 2.45) is 5.92 Å². The maximum absolute atomic E-state index is 12.6. The molecule has 2 unspecified atom stereocenters. The van der Waals surface area contributed by atoms with Gasteiger partial charge in [-0.2, -0.15) is 0 Å². The Balaban J connectivity index is 1.37. The van der Waals surface area contributed by atoms with E-state index in [0.717, 1.165) is 0 Å². The van der Waals surface area contributed by atoms with Crippen LogP contribution in [0.5, 0.6) is 17.2 Å². The minimum atomic E-state index is -1.06. The molecule has 2 aliphatic rings. The van der Waals surface area contributed by atoms with Crippen LogP contribution in [0.25, 0.3) is 0 Å². The molecule has 9 nitrogen and oxygen atoms in total. The second kappa shape index (κ2) is 8.96. The first kappa shape index (κ1) is 21.8. The minimum absolute atomic E-state index is 0.0367. The molecule has 10 heteroatoms. The van der Waals surface area contributed by atoms with Crippen molar-refractivity contribution in [1.82, 2.24) is 0 Å². The Morgan fingerprint density at radius 2 is 1.97 bits per heavy atom. The number of esters is 1. The zero-order valence-electron chi connectivity index (χ0n) is 17.4. The van der Waals surface area contributed by atoms with E-state index >= 15 is 0 Å². The van der Waals surface area contributed by atoms with Crippen LogP contribution < -0.4 is 24.4 Å². The van der Waals surface area contributed by atoms with E-state index in [2.05, 4.69) is 5.32 Å². The van der Waals surface area contributed by atoms with Crippen LogP contribution in [0.1, 0.15) is 13.3 Å². The van der Waals surface area contributed by atoms with Crippen molar-refractivity contribution in [3.05, 3.63) is 41.4 Å². The number of benzene rings is 2. The molecule has 2 amide bonds. The molecule has 32 heavy (non-hydrogen) atoms. The predicted octanol–water partition coefficient (Wildman–Crippen LogP) is 3.00. The molecule has 2 aliphatic heterocycles. The van der Waals surface area contributed by atoms with Gasteiger partial charge in [0.05, 0.1) is 18.7 Å². The van der Waals surface area contributed by atoms with Gasteiger partial charge in [-0.1, -0.05) is 11.6 Å². The fourth-order valence-electron chi connectivity index (χ4n) is 3.51. The highest BCUT2D eigenvalue weighted by atomic mass is 35.5. The number of amides is 2. The summed E-state index contributed by atoms with van der Waals surface area (Å²) in [5, 5.41) is 3.11. The lowest BCUT2D eigenvalue weighted by Crippen LogP contribution is -2.33. The van der Waals surface area contributed by atoms with Crippen LogP contribution in [-0.2, 0) is 19.1 Å². The van der Waals surface area contributed by atoms with Crippen LogP contribution in [0, 0.1) is 5.92 Å². The van der Waals surface area contributed by atoms with E-state index in [1.165, 1.54) is 18.9 Å². The van der Waals surface area contributed by atoms with Gasteiger partial charge < -0.3 is 29.2 Å². The molecule has 1 fully saturated rings. The Morgan fingerprint density at radius 3 is 2.75 bits per heavy atom. The first-order valence-corrected chi connectivity index (χ1v) is 10.3. The largest absolute Gasteiger partial charge is 0.495 e. The summed E-state index contributed by atoms with van der Waals surface area (Å²) in [5.74, 6) is -0.530. The lowest BCUT2D eigenvalue weighted by molar-refractivity contribution is -0.157. The van der Waals surface area contributed by atoms with E-state index in [1.807, 2.05) is 0 Å². The molecule has 2 aromatic carbocycles. The van der Waals surface area contributed by atoms with Gasteiger partial charge >= 0.3 is 5.97 Å². The lowest BCUT2D eigenvalue weighted by Gasteiger charge is -2.20. The van der Waals surface area contributed by atoms with Crippen molar-refractivity contribution in [1.29, 1.82) is 0 Å². The SMILES string of the molecule is COc1ccc(Cl)cc1N1CC(C(=O)OC(C)C(=O)Nc2ccc3c(c2)OCO3)CC1=O. The van der Waals surface area contributed by atoms with Gasteiger partial charge in [-0.25, -0.2) is 0 Å². The van der Waals surface area contributed by atoms with Crippen LogP contribution >= 0.6 is 11.6 Å². The van der Waals surface area contributed by atoms with Crippen LogP contribution in [0.3, 0.4) is 0 Å². The van der Waals surface area contributed by atoms with Gasteiger partial charge in [0.2, 0.25) is 12.7 Å². The highest BCUT2D eigenvalue weighted by Gasteiger charge is 2.38. The molecule has 0 aromatic heterocycles. The molecule has 2 aromatic rings. The van der Waals surface area contributed by atoms with Crippen molar-refractivity contribution >= 4 is 40.8 Å². The Bertz CT molecular complexity index is 1070. The highest BCUT2D eigenvalue weighted by Crippen LogP contribution is 2.36. The normalized spacial score (nSPS) is 17.8. The number of methoxy groups -OCH3 is 1. The first-order chi connectivity index (χ1) is 15.4. The topological polar surface area (TPSA) is 103 Å². The summed E-state index contributed by atoms with van der Waals surface area (Å²) in [5.41, 5.74) is 0.964. The number of hydrogen-bond donors (Lipinski definition) is 1. The third kappa shape index (κ3) is 4.43. The van der Waals surface area contributed by atoms with Gasteiger partial charge in [0, 0.05) is 29.7 Å². The van der Waals surface area contributed by atoms with Crippen molar-refractivity contribution in [2.75, 3.05) is 30.7 Å². The maximum Gasteiger partial charge on any atom is 0.312 e. The molecule has 1 saturated heterocycles.